The van der Waals surface area contributed by atoms with E-state index in [1.165, 1.54) is 0 Å². The summed E-state index contributed by atoms with van der Waals surface area (Å²) in [5, 5.41) is 2.89. The molecule has 1 aromatic rings. The summed E-state index contributed by atoms with van der Waals surface area (Å²) in [5.41, 5.74) is 7.14. The van der Waals surface area contributed by atoms with E-state index in [2.05, 4.69) is 5.32 Å². The molecule has 3 N–H and O–H groups in total. The van der Waals surface area contributed by atoms with Crippen LogP contribution >= 0.6 is 11.8 Å². The highest BCUT2D eigenvalue weighted by atomic mass is 32.2. The zero-order chi connectivity index (χ0) is 12.5. The minimum atomic E-state index is -0.00273. The summed E-state index contributed by atoms with van der Waals surface area (Å²) in [5.74, 6) is 0.982. The standard InChI is InChI=1S/C13H20N2OS/c1-17-10-8-13(16)15-9-7-12(14)11-5-3-2-4-6-11/h2-6,12H,7-10,14H2,1H3,(H,15,16). The van der Waals surface area contributed by atoms with Gasteiger partial charge in [0, 0.05) is 24.8 Å². The summed E-state index contributed by atoms with van der Waals surface area (Å²) < 4.78 is 0. The Balaban J connectivity index is 2.20. The van der Waals surface area contributed by atoms with Gasteiger partial charge in [-0.25, -0.2) is 0 Å². The van der Waals surface area contributed by atoms with Gasteiger partial charge in [0.25, 0.3) is 0 Å². The number of rotatable bonds is 7. The van der Waals surface area contributed by atoms with E-state index >= 15 is 0 Å². The molecule has 0 aromatic heterocycles. The van der Waals surface area contributed by atoms with Gasteiger partial charge >= 0.3 is 0 Å². The summed E-state index contributed by atoms with van der Waals surface area (Å²) in [7, 11) is 0. The normalized spacial score (nSPS) is 12.1. The fourth-order valence-corrected chi connectivity index (χ4v) is 1.91. The molecule has 0 bridgehead atoms. The molecule has 0 saturated carbocycles. The Hall–Kier alpha value is -1.00. The van der Waals surface area contributed by atoms with Crippen LogP contribution in [0.4, 0.5) is 0 Å². The van der Waals surface area contributed by atoms with E-state index in [9.17, 15) is 4.79 Å². The zero-order valence-electron chi connectivity index (χ0n) is 10.2. The second-order valence-electron chi connectivity index (χ2n) is 3.90. The van der Waals surface area contributed by atoms with E-state index in [0.29, 0.717) is 13.0 Å². The van der Waals surface area contributed by atoms with Gasteiger partial charge in [-0.3, -0.25) is 4.79 Å². The first-order valence-corrected chi connectivity index (χ1v) is 7.19. The second kappa shape index (κ2) is 8.14. The molecule has 1 rings (SSSR count). The van der Waals surface area contributed by atoms with Crippen LogP contribution in [0.25, 0.3) is 0 Å². The van der Waals surface area contributed by atoms with Gasteiger partial charge in [0.1, 0.15) is 0 Å². The van der Waals surface area contributed by atoms with Gasteiger partial charge < -0.3 is 11.1 Å². The minimum Gasteiger partial charge on any atom is -0.356 e. The number of hydrogen-bond acceptors (Lipinski definition) is 3. The van der Waals surface area contributed by atoms with Crippen LogP contribution in [-0.4, -0.2) is 24.5 Å². The van der Waals surface area contributed by atoms with Crippen molar-refractivity contribution >= 4 is 17.7 Å². The first kappa shape index (κ1) is 14.1. The molecule has 0 aliphatic rings. The Morgan fingerprint density at radius 2 is 2.12 bits per heavy atom. The van der Waals surface area contributed by atoms with E-state index in [-0.39, 0.29) is 11.9 Å². The highest BCUT2D eigenvalue weighted by Gasteiger charge is 2.06. The molecule has 3 nitrogen and oxygen atoms in total. The SMILES string of the molecule is CSCCC(=O)NCCC(N)c1ccccc1. The Morgan fingerprint density at radius 3 is 2.76 bits per heavy atom. The summed E-state index contributed by atoms with van der Waals surface area (Å²) in [6.45, 7) is 0.642. The number of nitrogens with one attached hydrogen (secondary N) is 1. The predicted molar refractivity (Wildman–Crippen MR) is 74.0 cm³/mol. The number of benzene rings is 1. The van der Waals surface area contributed by atoms with Crippen LogP contribution in [-0.2, 0) is 4.79 Å². The number of nitrogens with two attached hydrogens (primary N) is 1. The summed E-state index contributed by atoms with van der Waals surface area (Å²) in [6.07, 6.45) is 3.36. The highest BCUT2D eigenvalue weighted by molar-refractivity contribution is 7.98. The lowest BCUT2D eigenvalue weighted by Gasteiger charge is -2.12. The average molecular weight is 252 g/mol. The van der Waals surface area contributed by atoms with E-state index in [0.717, 1.165) is 17.7 Å². The Bertz CT molecular complexity index is 329. The molecule has 1 aromatic carbocycles. The van der Waals surface area contributed by atoms with Crippen LogP contribution in [0, 0.1) is 0 Å². The molecule has 0 fully saturated rings. The van der Waals surface area contributed by atoms with Crippen molar-refractivity contribution in [2.75, 3.05) is 18.6 Å². The van der Waals surface area contributed by atoms with E-state index in [1.54, 1.807) is 11.8 Å². The molecule has 17 heavy (non-hydrogen) atoms. The third kappa shape index (κ3) is 5.75. The van der Waals surface area contributed by atoms with E-state index < -0.39 is 0 Å². The molecule has 1 atom stereocenters. The number of carbonyl (C=O) groups is 1. The first-order valence-electron chi connectivity index (χ1n) is 5.80. The molecule has 0 spiro atoms. The number of carbonyl (C=O) groups excluding carboxylic acids is 1. The molecule has 0 radical (unpaired) electrons. The number of thioether (sulfide) groups is 1. The molecule has 1 amide bonds. The molecule has 4 heteroatoms. The maximum absolute atomic E-state index is 11.4. The van der Waals surface area contributed by atoms with Crippen LogP contribution in [0.1, 0.15) is 24.4 Å². The van der Waals surface area contributed by atoms with Crippen molar-refractivity contribution in [3.05, 3.63) is 35.9 Å². The van der Waals surface area contributed by atoms with Crippen molar-refractivity contribution in [2.24, 2.45) is 5.73 Å². The molecule has 0 saturated heterocycles. The number of amides is 1. The van der Waals surface area contributed by atoms with Gasteiger partial charge in [0.2, 0.25) is 5.91 Å². The Morgan fingerprint density at radius 1 is 1.41 bits per heavy atom. The van der Waals surface area contributed by atoms with E-state index in [1.807, 2.05) is 36.6 Å². The summed E-state index contributed by atoms with van der Waals surface area (Å²) in [6, 6.07) is 9.95. The van der Waals surface area contributed by atoms with Crippen LogP contribution in [0.3, 0.4) is 0 Å². The third-order valence-electron chi connectivity index (χ3n) is 2.54. The molecular weight excluding hydrogens is 232 g/mol. The number of hydrogen-bond donors (Lipinski definition) is 2. The van der Waals surface area contributed by atoms with Crippen LogP contribution < -0.4 is 11.1 Å². The van der Waals surface area contributed by atoms with Crippen molar-refractivity contribution in [3.63, 3.8) is 0 Å². The van der Waals surface area contributed by atoms with Crippen molar-refractivity contribution in [3.8, 4) is 0 Å². The molecular formula is C13H20N2OS. The quantitative estimate of drug-likeness (QED) is 0.780. The van der Waals surface area contributed by atoms with Crippen LogP contribution in [0.5, 0.6) is 0 Å². The largest absolute Gasteiger partial charge is 0.356 e. The molecule has 0 aliphatic carbocycles. The van der Waals surface area contributed by atoms with Gasteiger partial charge in [-0.05, 0) is 18.2 Å². The Labute approximate surface area is 107 Å². The first-order chi connectivity index (χ1) is 8.24. The van der Waals surface area contributed by atoms with Gasteiger partial charge in [-0.2, -0.15) is 11.8 Å². The predicted octanol–water partition coefficient (Wildman–Crippen LogP) is 1.95. The van der Waals surface area contributed by atoms with Crippen LogP contribution in [0.2, 0.25) is 0 Å². The van der Waals surface area contributed by atoms with Gasteiger partial charge in [0.05, 0.1) is 0 Å². The highest BCUT2D eigenvalue weighted by Crippen LogP contribution is 2.12. The summed E-state index contributed by atoms with van der Waals surface area (Å²) >= 11 is 1.68. The van der Waals surface area contributed by atoms with Gasteiger partial charge in [0.15, 0.2) is 0 Å². The fraction of sp³-hybridized carbons (Fsp3) is 0.462. The Kier molecular flexibility index (Phi) is 6.74. The monoisotopic (exact) mass is 252 g/mol. The fourth-order valence-electron chi connectivity index (χ4n) is 1.52. The van der Waals surface area contributed by atoms with Crippen LogP contribution in [0.15, 0.2) is 30.3 Å². The van der Waals surface area contributed by atoms with Crippen molar-refractivity contribution < 1.29 is 4.79 Å². The van der Waals surface area contributed by atoms with Crippen molar-refractivity contribution in [2.45, 2.75) is 18.9 Å². The molecule has 0 heterocycles. The maximum Gasteiger partial charge on any atom is 0.220 e. The van der Waals surface area contributed by atoms with Gasteiger partial charge in [-0.1, -0.05) is 30.3 Å². The maximum atomic E-state index is 11.4. The van der Waals surface area contributed by atoms with Crippen molar-refractivity contribution in [1.82, 2.24) is 5.32 Å². The molecule has 94 valence electrons. The van der Waals surface area contributed by atoms with Crippen molar-refractivity contribution in [1.29, 1.82) is 0 Å². The smallest absolute Gasteiger partial charge is 0.220 e. The topological polar surface area (TPSA) is 55.1 Å². The second-order valence-corrected chi connectivity index (χ2v) is 4.88. The summed E-state index contributed by atoms with van der Waals surface area (Å²) in [4.78, 5) is 11.4. The lowest BCUT2D eigenvalue weighted by Crippen LogP contribution is -2.27. The zero-order valence-corrected chi connectivity index (χ0v) is 11.0. The molecule has 1 unspecified atom stereocenters. The van der Waals surface area contributed by atoms with E-state index in [4.69, 9.17) is 5.73 Å². The molecule has 0 aliphatic heterocycles. The third-order valence-corrected chi connectivity index (χ3v) is 3.15. The lowest BCUT2D eigenvalue weighted by molar-refractivity contribution is -0.120. The van der Waals surface area contributed by atoms with Gasteiger partial charge in [-0.15, -0.1) is 0 Å². The minimum absolute atomic E-state index is 0.00273. The average Bonchev–Trinajstić information content (AvgIpc) is 2.37. The lowest BCUT2D eigenvalue weighted by atomic mass is 10.1.